The fraction of sp³-hybridized carbons (Fsp3) is 0.105. The van der Waals surface area contributed by atoms with Crippen LogP contribution in [0.15, 0.2) is 60.3 Å². The predicted octanol–water partition coefficient (Wildman–Crippen LogP) is 2.59. The molecule has 0 heterocycles. The van der Waals surface area contributed by atoms with Crippen molar-refractivity contribution >= 4 is 29.5 Å². The lowest BCUT2D eigenvalue weighted by Gasteiger charge is -2.10. The summed E-state index contributed by atoms with van der Waals surface area (Å²) in [5, 5.41) is 5.20. The van der Waals surface area contributed by atoms with E-state index in [0.717, 1.165) is 5.56 Å². The molecule has 0 aromatic heterocycles. The van der Waals surface area contributed by atoms with E-state index in [2.05, 4.69) is 15.4 Å². The minimum Gasteiger partial charge on any atom is -0.465 e. The van der Waals surface area contributed by atoms with Crippen molar-refractivity contribution in [1.82, 2.24) is 5.32 Å². The smallest absolute Gasteiger partial charge is 0.337 e. The van der Waals surface area contributed by atoms with Gasteiger partial charge in [0.25, 0.3) is 5.91 Å². The van der Waals surface area contributed by atoms with Gasteiger partial charge in [-0.1, -0.05) is 30.3 Å². The number of methoxy groups -OCH3 is 1. The highest BCUT2D eigenvalue weighted by Crippen LogP contribution is 2.12. The zero-order chi connectivity index (χ0) is 18.2. The maximum Gasteiger partial charge on any atom is 0.337 e. The van der Waals surface area contributed by atoms with Crippen LogP contribution in [0.5, 0.6) is 0 Å². The SMILES string of the molecule is COC(=O)c1ccc(NC(=O)/C(=C/c2ccccc2)NC(C)=O)cc1. The van der Waals surface area contributed by atoms with Crippen LogP contribution in [0.1, 0.15) is 22.8 Å². The molecule has 2 N–H and O–H groups in total. The number of rotatable bonds is 5. The molecule has 0 fully saturated rings. The van der Waals surface area contributed by atoms with E-state index in [-0.39, 0.29) is 11.6 Å². The van der Waals surface area contributed by atoms with Gasteiger partial charge in [0.2, 0.25) is 5.91 Å². The first-order chi connectivity index (χ1) is 12.0. The number of hydrogen-bond donors (Lipinski definition) is 2. The third-order valence-corrected chi connectivity index (χ3v) is 3.23. The Morgan fingerprint density at radius 1 is 0.960 bits per heavy atom. The molecule has 0 aliphatic carbocycles. The van der Waals surface area contributed by atoms with Gasteiger partial charge in [-0.2, -0.15) is 0 Å². The van der Waals surface area contributed by atoms with E-state index in [9.17, 15) is 14.4 Å². The van der Waals surface area contributed by atoms with Crippen LogP contribution in [0.4, 0.5) is 5.69 Å². The molecule has 2 amide bonds. The van der Waals surface area contributed by atoms with Crippen LogP contribution in [-0.4, -0.2) is 24.9 Å². The van der Waals surface area contributed by atoms with Crippen molar-refractivity contribution in [3.63, 3.8) is 0 Å². The highest BCUT2D eigenvalue weighted by molar-refractivity contribution is 6.08. The maximum absolute atomic E-state index is 12.4. The summed E-state index contributed by atoms with van der Waals surface area (Å²) in [6, 6.07) is 15.4. The van der Waals surface area contributed by atoms with Crippen molar-refractivity contribution < 1.29 is 19.1 Å². The van der Waals surface area contributed by atoms with Crippen molar-refractivity contribution in [3.8, 4) is 0 Å². The molecule has 25 heavy (non-hydrogen) atoms. The van der Waals surface area contributed by atoms with Gasteiger partial charge in [-0.25, -0.2) is 4.79 Å². The number of ether oxygens (including phenoxy) is 1. The molecule has 2 aromatic rings. The molecule has 0 saturated heterocycles. The molecule has 0 spiro atoms. The van der Waals surface area contributed by atoms with Crippen LogP contribution in [0.3, 0.4) is 0 Å². The summed E-state index contributed by atoms with van der Waals surface area (Å²) in [7, 11) is 1.30. The van der Waals surface area contributed by atoms with Crippen LogP contribution >= 0.6 is 0 Å². The fourth-order valence-electron chi connectivity index (χ4n) is 2.07. The van der Waals surface area contributed by atoms with Crippen LogP contribution < -0.4 is 10.6 Å². The molecule has 2 rings (SSSR count). The summed E-state index contributed by atoms with van der Waals surface area (Å²) in [6.07, 6.45) is 1.58. The van der Waals surface area contributed by atoms with E-state index >= 15 is 0 Å². The Balaban J connectivity index is 2.18. The van der Waals surface area contributed by atoms with E-state index in [4.69, 9.17) is 0 Å². The third-order valence-electron chi connectivity index (χ3n) is 3.23. The highest BCUT2D eigenvalue weighted by atomic mass is 16.5. The number of nitrogens with one attached hydrogen (secondary N) is 2. The van der Waals surface area contributed by atoms with Crippen molar-refractivity contribution in [3.05, 3.63) is 71.4 Å². The van der Waals surface area contributed by atoms with Gasteiger partial charge < -0.3 is 15.4 Å². The number of anilines is 1. The molecule has 0 bridgehead atoms. The highest BCUT2D eigenvalue weighted by Gasteiger charge is 2.12. The molecule has 0 aliphatic heterocycles. The van der Waals surface area contributed by atoms with Crippen LogP contribution in [-0.2, 0) is 14.3 Å². The first-order valence-corrected chi connectivity index (χ1v) is 7.53. The molecule has 0 radical (unpaired) electrons. The van der Waals surface area contributed by atoms with E-state index in [0.29, 0.717) is 11.3 Å². The molecule has 0 saturated carbocycles. The van der Waals surface area contributed by atoms with E-state index < -0.39 is 11.9 Å². The van der Waals surface area contributed by atoms with Gasteiger partial charge in [-0.3, -0.25) is 9.59 Å². The molecule has 128 valence electrons. The monoisotopic (exact) mass is 338 g/mol. The second kappa shape index (κ2) is 8.44. The largest absolute Gasteiger partial charge is 0.465 e. The second-order valence-corrected chi connectivity index (χ2v) is 5.17. The number of benzene rings is 2. The van der Waals surface area contributed by atoms with E-state index in [1.807, 2.05) is 30.3 Å². The minimum atomic E-state index is -0.468. The number of carbonyl (C=O) groups excluding carboxylic acids is 3. The van der Waals surface area contributed by atoms with Gasteiger partial charge in [0.1, 0.15) is 5.70 Å². The minimum absolute atomic E-state index is 0.121. The van der Waals surface area contributed by atoms with Crippen molar-refractivity contribution in [2.75, 3.05) is 12.4 Å². The zero-order valence-corrected chi connectivity index (χ0v) is 13.9. The van der Waals surface area contributed by atoms with Crippen LogP contribution in [0, 0.1) is 0 Å². The standard InChI is InChI=1S/C19H18N2O4/c1-13(22)20-17(12-14-6-4-3-5-7-14)18(23)21-16-10-8-15(9-11-16)19(24)25-2/h3-12H,1-2H3,(H,20,22)(H,21,23)/b17-12-. The normalized spacial score (nSPS) is 10.7. The molecule has 2 aromatic carbocycles. The van der Waals surface area contributed by atoms with Crippen molar-refractivity contribution in [2.45, 2.75) is 6.92 Å². The third kappa shape index (κ3) is 5.31. The van der Waals surface area contributed by atoms with E-state index in [1.54, 1.807) is 30.3 Å². The summed E-state index contributed by atoms with van der Waals surface area (Å²) in [5.41, 5.74) is 1.77. The van der Waals surface area contributed by atoms with E-state index in [1.165, 1.54) is 14.0 Å². The Morgan fingerprint density at radius 2 is 1.60 bits per heavy atom. The summed E-state index contributed by atoms with van der Waals surface area (Å²) in [4.78, 5) is 35.2. The molecule has 6 heteroatoms. The van der Waals surface area contributed by atoms with Gasteiger partial charge >= 0.3 is 5.97 Å². The Hall–Kier alpha value is -3.41. The van der Waals surface area contributed by atoms with Gasteiger partial charge in [-0.15, -0.1) is 0 Å². The number of carbonyl (C=O) groups is 3. The lowest BCUT2D eigenvalue weighted by molar-refractivity contribution is -0.120. The Labute approximate surface area is 145 Å². The summed E-state index contributed by atoms with van der Waals surface area (Å²) in [5.74, 6) is -1.27. The molecule has 6 nitrogen and oxygen atoms in total. The number of hydrogen-bond acceptors (Lipinski definition) is 4. The fourth-order valence-corrected chi connectivity index (χ4v) is 2.07. The quantitative estimate of drug-likeness (QED) is 0.648. The van der Waals surface area contributed by atoms with Gasteiger partial charge in [0, 0.05) is 12.6 Å². The lowest BCUT2D eigenvalue weighted by Crippen LogP contribution is -2.28. The summed E-state index contributed by atoms with van der Waals surface area (Å²) < 4.78 is 4.62. The van der Waals surface area contributed by atoms with Gasteiger partial charge in [0.05, 0.1) is 12.7 Å². The Kier molecular flexibility index (Phi) is 6.06. The van der Waals surface area contributed by atoms with Crippen molar-refractivity contribution in [2.24, 2.45) is 0 Å². The average Bonchev–Trinajstić information content (AvgIpc) is 2.61. The summed E-state index contributed by atoms with van der Waals surface area (Å²) >= 11 is 0. The molecular formula is C19H18N2O4. The second-order valence-electron chi connectivity index (χ2n) is 5.17. The number of esters is 1. The lowest BCUT2D eigenvalue weighted by atomic mass is 10.1. The van der Waals surface area contributed by atoms with Crippen molar-refractivity contribution in [1.29, 1.82) is 0 Å². The summed E-state index contributed by atoms with van der Waals surface area (Å²) in [6.45, 7) is 1.33. The zero-order valence-electron chi connectivity index (χ0n) is 13.9. The average molecular weight is 338 g/mol. The van der Waals surface area contributed by atoms with Crippen LogP contribution in [0.25, 0.3) is 6.08 Å². The number of amides is 2. The van der Waals surface area contributed by atoms with Crippen LogP contribution in [0.2, 0.25) is 0 Å². The Bertz CT molecular complexity index is 796. The molecule has 0 atom stereocenters. The molecular weight excluding hydrogens is 320 g/mol. The first kappa shape index (κ1) is 17.9. The predicted molar refractivity (Wildman–Crippen MR) is 94.6 cm³/mol. The molecule has 0 unspecified atom stereocenters. The Morgan fingerprint density at radius 3 is 2.16 bits per heavy atom. The maximum atomic E-state index is 12.4. The van der Waals surface area contributed by atoms with Gasteiger partial charge in [0.15, 0.2) is 0 Å². The first-order valence-electron chi connectivity index (χ1n) is 7.53. The van der Waals surface area contributed by atoms with Gasteiger partial charge in [-0.05, 0) is 35.9 Å². The topological polar surface area (TPSA) is 84.5 Å². The molecule has 0 aliphatic rings.